The van der Waals surface area contributed by atoms with Crippen LogP contribution in [0.25, 0.3) is 0 Å². The highest BCUT2D eigenvalue weighted by Crippen LogP contribution is 1.93. The predicted octanol–water partition coefficient (Wildman–Crippen LogP) is 0.849. The topological polar surface area (TPSA) is 23.6 Å². The summed E-state index contributed by atoms with van der Waals surface area (Å²) in [5.41, 5.74) is 0. The largest absolute Gasteiger partial charge is 0.304 e. The first-order valence-electron chi connectivity index (χ1n) is 4.92. The molecule has 0 amide bonds. The molecule has 0 radical (unpaired) electrons. The molecule has 13 heavy (non-hydrogen) atoms. The molecule has 0 aromatic carbocycles. The molecule has 0 saturated carbocycles. The average Bonchev–Trinajstić information content (AvgIpc) is 2.11. The first-order chi connectivity index (χ1) is 6.06. The summed E-state index contributed by atoms with van der Waals surface area (Å²) in [4.78, 5) is 14.5. The Labute approximate surface area is 81.7 Å². The molecule has 0 N–H and O–H groups in total. The van der Waals surface area contributed by atoms with Crippen molar-refractivity contribution in [3.8, 4) is 0 Å². The second-order valence-corrected chi connectivity index (χ2v) is 3.66. The van der Waals surface area contributed by atoms with Gasteiger partial charge in [-0.15, -0.1) is 0 Å². The molecule has 0 atom stereocenters. The van der Waals surface area contributed by atoms with Gasteiger partial charge in [-0.05, 0) is 21.0 Å². The van der Waals surface area contributed by atoms with Gasteiger partial charge in [0.1, 0.15) is 5.78 Å². The molecular weight excluding hydrogens is 164 g/mol. The maximum Gasteiger partial charge on any atom is 0.129 e. The minimum Gasteiger partial charge on any atom is -0.304 e. The zero-order valence-corrected chi connectivity index (χ0v) is 9.34. The van der Waals surface area contributed by atoms with Gasteiger partial charge in [-0.25, -0.2) is 0 Å². The lowest BCUT2D eigenvalue weighted by molar-refractivity contribution is -0.116. The van der Waals surface area contributed by atoms with Crippen LogP contribution >= 0.6 is 0 Å². The van der Waals surface area contributed by atoms with Crippen molar-refractivity contribution in [3.63, 3.8) is 0 Å². The number of ketones is 1. The van der Waals surface area contributed by atoms with Crippen LogP contribution < -0.4 is 0 Å². The zero-order valence-electron chi connectivity index (χ0n) is 9.34. The van der Waals surface area contributed by atoms with E-state index in [-0.39, 0.29) is 5.78 Å². The van der Waals surface area contributed by atoms with Crippen molar-refractivity contribution in [1.82, 2.24) is 9.80 Å². The highest BCUT2D eigenvalue weighted by atomic mass is 16.1. The average molecular weight is 186 g/mol. The Morgan fingerprint density at radius 3 is 1.46 bits per heavy atom. The Morgan fingerprint density at radius 1 is 1.08 bits per heavy atom. The third kappa shape index (κ3) is 7.94. The van der Waals surface area contributed by atoms with E-state index in [0.29, 0.717) is 6.42 Å². The number of rotatable bonds is 1. The molecule has 1 saturated heterocycles. The third-order valence-electron chi connectivity index (χ3n) is 2.22. The predicted molar refractivity (Wildman–Crippen MR) is 56.0 cm³/mol. The first-order valence-corrected chi connectivity index (χ1v) is 4.92. The maximum atomic E-state index is 9.81. The molecule has 0 unspecified atom stereocenters. The van der Waals surface area contributed by atoms with E-state index in [4.69, 9.17) is 0 Å². The number of hydrogen-bond donors (Lipinski definition) is 0. The number of nitrogens with zero attached hydrogens (tertiary/aromatic N) is 2. The molecule has 0 aliphatic carbocycles. The smallest absolute Gasteiger partial charge is 0.129 e. The van der Waals surface area contributed by atoms with Gasteiger partial charge in [-0.3, -0.25) is 0 Å². The van der Waals surface area contributed by atoms with Crippen LogP contribution in [0.2, 0.25) is 0 Å². The summed E-state index contributed by atoms with van der Waals surface area (Å²) in [6.45, 7) is 8.36. The zero-order chi connectivity index (χ0) is 10.3. The number of carbonyl (C=O) groups excluding carboxylic acids is 1. The van der Waals surface area contributed by atoms with Crippen LogP contribution in [-0.4, -0.2) is 55.9 Å². The Balaban J connectivity index is 0.000000252. The lowest BCUT2D eigenvalue weighted by Gasteiger charge is -2.28. The molecule has 1 fully saturated rings. The van der Waals surface area contributed by atoms with E-state index in [1.165, 1.54) is 26.2 Å². The monoisotopic (exact) mass is 186 g/mol. The SMILES string of the molecule is CCC(C)=O.CN1CCN(C)CC1. The first kappa shape index (κ1) is 12.6. The summed E-state index contributed by atoms with van der Waals surface area (Å²) in [6, 6.07) is 0. The molecule has 0 bridgehead atoms. The van der Waals surface area contributed by atoms with Crippen LogP contribution in [0.15, 0.2) is 0 Å². The van der Waals surface area contributed by atoms with Crippen molar-refractivity contribution in [3.05, 3.63) is 0 Å². The van der Waals surface area contributed by atoms with E-state index >= 15 is 0 Å². The van der Waals surface area contributed by atoms with Crippen LogP contribution in [0.3, 0.4) is 0 Å². The summed E-state index contributed by atoms with van der Waals surface area (Å²) in [6.07, 6.45) is 0.667. The summed E-state index contributed by atoms with van der Waals surface area (Å²) in [5.74, 6) is 0.255. The highest BCUT2D eigenvalue weighted by Gasteiger charge is 2.07. The molecule has 1 rings (SSSR count). The second-order valence-electron chi connectivity index (χ2n) is 3.66. The maximum absolute atomic E-state index is 9.81. The van der Waals surface area contributed by atoms with Crippen LogP contribution in [0.1, 0.15) is 20.3 Å². The van der Waals surface area contributed by atoms with Gasteiger partial charge in [-0.2, -0.15) is 0 Å². The summed E-state index contributed by atoms with van der Waals surface area (Å²) >= 11 is 0. The molecule has 0 aromatic rings. The number of piperazine rings is 1. The van der Waals surface area contributed by atoms with Crippen molar-refractivity contribution < 1.29 is 4.79 Å². The van der Waals surface area contributed by atoms with Crippen LogP contribution in [0.4, 0.5) is 0 Å². The van der Waals surface area contributed by atoms with Crippen molar-refractivity contribution in [2.24, 2.45) is 0 Å². The summed E-state index contributed by atoms with van der Waals surface area (Å²) in [5, 5.41) is 0. The molecule has 3 heteroatoms. The minimum atomic E-state index is 0.255. The quantitative estimate of drug-likeness (QED) is 0.606. The molecule has 78 valence electrons. The Kier molecular flexibility index (Phi) is 6.82. The molecule has 1 aliphatic rings. The highest BCUT2D eigenvalue weighted by molar-refractivity contribution is 5.74. The van der Waals surface area contributed by atoms with E-state index < -0.39 is 0 Å². The minimum absolute atomic E-state index is 0.255. The van der Waals surface area contributed by atoms with Crippen molar-refractivity contribution in [2.45, 2.75) is 20.3 Å². The van der Waals surface area contributed by atoms with Crippen molar-refractivity contribution in [2.75, 3.05) is 40.3 Å². The van der Waals surface area contributed by atoms with Gasteiger partial charge >= 0.3 is 0 Å². The van der Waals surface area contributed by atoms with E-state index in [2.05, 4.69) is 23.9 Å². The second kappa shape index (κ2) is 7.04. The van der Waals surface area contributed by atoms with Gasteiger partial charge in [-0.1, -0.05) is 6.92 Å². The standard InChI is InChI=1S/C6H14N2.C4H8O/c1-7-3-5-8(2)6-4-7;1-3-4(2)5/h3-6H2,1-2H3;3H2,1-2H3. The fraction of sp³-hybridized carbons (Fsp3) is 0.900. The molecular formula is C10H22N2O. The van der Waals surface area contributed by atoms with Gasteiger partial charge < -0.3 is 14.6 Å². The normalized spacial score (nSPS) is 19.1. The van der Waals surface area contributed by atoms with Crippen LogP contribution in [0.5, 0.6) is 0 Å². The van der Waals surface area contributed by atoms with Gasteiger partial charge in [0, 0.05) is 32.6 Å². The summed E-state index contributed by atoms with van der Waals surface area (Å²) < 4.78 is 0. The fourth-order valence-electron chi connectivity index (χ4n) is 0.906. The van der Waals surface area contributed by atoms with Gasteiger partial charge in [0.15, 0.2) is 0 Å². The molecule has 0 spiro atoms. The molecule has 1 heterocycles. The van der Waals surface area contributed by atoms with Gasteiger partial charge in [0.05, 0.1) is 0 Å². The van der Waals surface area contributed by atoms with Crippen LogP contribution in [0, 0.1) is 0 Å². The molecule has 0 aromatic heterocycles. The molecule has 1 aliphatic heterocycles. The lowest BCUT2D eigenvalue weighted by atomic mass is 10.4. The number of carbonyl (C=O) groups is 1. The Morgan fingerprint density at radius 2 is 1.31 bits per heavy atom. The number of likely N-dealkylation sites (N-methyl/N-ethyl adjacent to an activating group) is 2. The lowest BCUT2D eigenvalue weighted by Crippen LogP contribution is -2.42. The van der Waals surface area contributed by atoms with Gasteiger partial charge in [0.2, 0.25) is 0 Å². The van der Waals surface area contributed by atoms with Crippen LogP contribution in [-0.2, 0) is 4.79 Å². The fourth-order valence-corrected chi connectivity index (χ4v) is 0.906. The van der Waals surface area contributed by atoms with Gasteiger partial charge in [0.25, 0.3) is 0 Å². The van der Waals surface area contributed by atoms with E-state index in [1.54, 1.807) is 6.92 Å². The third-order valence-corrected chi connectivity index (χ3v) is 2.22. The van der Waals surface area contributed by atoms with E-state index in [0.717, 1.165) is 0 Å². The Bertz CT molecular complexity index is 130. The molecule has 3 nitrogen and oxygen atoms in total. The van der Waals surface area contributed by atoms with E-state index in [9.17, 15) is 4.79 Å². The summed E-state index contributed by atoms with van der Waals surface area (Å²) in [7, 11) is 4.35. The number of Topliss-reactive ketones (excluding diaryl/α,β-unsaturated/α-hetero) is 1. The van der Waals surface area contributed by atoms with Crippen molar-refractivity contribution >= 4 is 5.78 Å². The Hall–Kier alpha value is -0.410. The van der Waals surface area contributed by atoms with Crippen molar-refractivity contribution in [1.29, 1.82) is 0 Å². The number of hydrogen-bond acceptors (Lipinski definition) is 3. The van der Waals surface area contributed by atoms with E-state index in [1.807, 2.05) is 6.92 Å².